The topological polar surface area (TPSA) is 51.8 Å². The SMILES string of the molecule is Nc1ccccc1.c1csnn1. The van der Waals surface area contributed by atoms with E-state index >= 15 is 0 Å². The molecule has 0 atom stereocenters. The fraction of sp³-hybridized carbons (Fsp3) is 0. The molecule has 2 rings (SSSR count). The molecule has 0 unspecified atom stereocenters. The predicted octanol–water partition coefficient (Wildman–Crippen LogP) is 1.81. The van der Waals surface area contributed by atoms with E-state index in [-0.39, 0.29) is 0 Å². The largest absolute Gasteiger partial charge is 0.399 e. The molecule has 0 bridgehead atoms. The van der Waals surface area contributed by atoms with Crippen LogP contribution in [-0.2, 0) is 0 Å². The summed E-state index contributed by atoms with van der Waals surface area (Å²) in [5, 5.41) is 5.31. The van der Waals surface area contributed by atoms with Crippen LogP contribution < -0.4 is 5.73 Å². The molecule has 1 heterocycles. The number of para-hydroxylation sites is 1. The molecule has 0 fully saturated rings. The summed E-state index contributed by atoms with van der Waals surface area (Å²) in [6, 6.07) is 9.49. The summed E-state index contributed by atoms with van der Waals surface area (Å²) >= 11 is 1.35. The summed E-state index contributed by atoms with van der Waals surface area (Å²) < 4.78 is 3.51. The molecule has 2 N–H and O–H groups in total. The monoisotopic (exact) mass is 179 g/mol. The second-order valence-electron chi connectivity index (χ2n) is 2.00. The van der Waals surface area contributed by atoms with Gasteiger partial charge in [0.2, 0.25) is 0 Å². The van der Waals surface area contributed by atoms with E-state index in [2.05, 4.69) is 9.59 Å². The van der Waals surface area contributed by atoms with Gasteiger partial charge in [-0.1, -0.05) is 22.7 Å². The van der Waals surface area contributed by atoms with Gasteiger partial charge in [-0.25, -0.2) is 0 Å². The van der Waals surface area contributed by atoms with E-state index in [1.165, 1.54) is 11.5 Å². The van der Waals surface area contributed by atoms with Gasteiger partial charge in [0.25, 0.3) is 0 Å². The number of benzene rings is 1. The van der Waals surface area contributed by atoms with Crippen LogP contribution in [0.2, 0.25) is 0 Å². The molecule has 0 aliphatic heterocycles. The zero-order valence-corrected chi connectivity index (χ0v) is 7.24. The molecule has 62 valence electrons. The molecule has 0 spiro atoms. The second kappa shape index (κ2) is 5.26. The molecule has 0 aliphatic rings. The minimum Gasteiger partial charge on any atom is -0.399 e. The fourth-order valence-corrected chi connectivity index (χ4v) is 0.861. The van der Waals surface area contributed by atoms with Gasteiger partial charge in [0.15, 0.2) is 0 Å². The normalized spacial score (nSPS) is 8.33. The lowest BCUT2D eigenvalue weighted by Crippen LogP contribution is -1.79. The molecular formula is C8H9N3S. The highest BCUT2D eigenvalue weighted by molar-refractivity contribution is 7.03. The number of anilines is 1. The Balaban J connectivity index is 0.000000127. The zero-order chi connectivity index (χ0) is 8.65. The summed E-state index contributed by atoms with van der Waals surface area (Å²) in [7, 11) is 0. The summed E-state index contributed by atoms with van der Waals surface area (Å²) in [5.74, 6) is 0. The van der Waals surface area contributed by atoms with Gasteiger partial charge >= 0.3 is 0 Å². The number of aromatic nitrogens is 2. The first-order chi connectivity index (χ1) is 5.89. The van der Waals surface area contributed by atoms with Crippen molar-refractivity contribution in [1.82, 2.24) is 9.59 Å². The average molecular weight is 179 g/mol. The fourth-order valence-electron chi connectivity index (χ4n) is 0.589. The van der Waals surface area contributed by atoms with Crippen molar-refractivity contribution in [3.63, 3.8) is 0 Å². The Labute approximate surface area is 75.0 Å². The van der Waals surface area contributed by atoms with Crippen molar-refractivity contribution in [1.29, 1.82) is 0 Å². The molecule has 1 aromatic carbocycles. The third-order valence-electron chi connectivity index (χ3n) is 1.08. The van der Waals surface area contributed by atoms with Crippen molar-refractivity contribution in [2.45, 2.75) is 0 Å². The summed E-state index contributed by atoms with van der Waals surface area (Å²) in [6.45, 7) is 0. The Bertz CT molecular complexity index is 263. The maximum absolute atomic E-state index is 5.36. The lowest BCUT2D eigenvalue weighted by Gasteiger charge is -1.83. The minimum absolute atomic E-state index is 0.822. The smallest absolute Gasteiger partial charge is 0.0620 e. The van der Waals surface area contributed by atoms with Crippen LogP contribution in [0.15, 0.2) is 41.9 Å². The van der Waals surface area contributed by atoms with Crippen molar-refractivity contribution < 1.29 is 0 Å². The number of nitrogen functional groups attached to an aromatic ring is 1. The third-order valence-corrected chi connectivity index (χ3v) is 1.51. The van der Waals surface area contributed by atoms with Crippen LogP contribution in [0.3, 0.4) is 0 Å². The van der Waals surface area contributed by atoms with Gasteiger partial charge in [0.05, 0.1) is 6.20 Å². The van der Waals surface area contributed by atoms with E-state index < -0.39 is 0 Å². The summed E-state index contributed by atoms with van der Waals surface area (Å²) in [6.07, 6.45) is 1.66. The number of nitrogens with zero attached hydrogens (tertiary/aromatic N) is 2. The van der Waals surface area contributed by atoms with E-state index in [1.54, 1.807) is 6.20 Å². The Kier molecular flexibility index (Phi) is 3.80. The lowest BCUT2D eigenvalue weighted by molar-refractivity contribution is 1.16. The zero-order valence-electron chi connectivity index (χ0n) is 6.42. The minimum atomic E-state index is 0.822. The lowest BCUT2D eigenvalue weighted by atomic mass is 10.3. The number of rotatable bonds is 0. The standard InChI is InChI=1S/C6H7N.C2H2N2S/c7-6-4-2-1-3-5-6;1-2-5-4-3-1/h1-5H,7H2;1-2H. The molecule has 1 aromatic heterocycles. The van der Waals surface area contributed by atoms with E-state index in [0.717, 1.165) is 5.69 Å². The predicted molar refractivity (Wildman–Crippen MR) is 50.8 cm³/mol. The molecule has 0 saturated carbocycles. The Hall–Kier alpha value is -1.42. The van der Waals surface area contributed by atoms with E-state index in [9.17, 15) is 0 Å². The first kappa shape index (κ1) is 8.67. The van der Waals surface area contributed by atoms with Gasteiger partial charge in [-0.15, -0.1) is 5.10 Å². The molecule has 12 heavy (non-hydrogen) atoms. The van der Waals surface area contributed by atoms with Gasteiger partial charge in [-0.3, -0.25) is 0 Å². The van der Waals surface area contributed by atoms with Crippen molar-refractivity contribution >= 4 is 17.2 Å². The molecule has 0 saturated heterocycles. The third kappa shape index (κ3) is 3.68. The van der Waals surface area contributed by atoms with Crippen LogP contribution in [-0.4, -0.2) is 9.59 Å². The molecule has 0 amide bonds. The number of nitrogens with two attached hydrogens (primary N) is 1. The van der Waals surface area contributed by atoms with Crippen molar-refractivity contribution in [3.05, 3.63) is 41.9 Å². The first-order valence-corrected chi connectivity index (χ1v) is 4.25. The second-order valence-corrected chi connectivity index (χ2v) is 2.64. The van der Waals surface area contributed by atoms with Crippen LogP contribution in [0.25, 0.3) is 0 Å². The Morgan fingerprint density at radius 1 is 1.17 bits per heavy atom. The molecule has 4 heteroatoms. The van der Waals surface area contributed by atoms with Gasteiger partial charge in [-0.05, 0) is 23.7 Å². The van der Waals surface area contributed by atoms with E-state index in [1.807, 2.05) is 35.7 Å². The molecule has 0 aliphatic carbocycles. The Morgan fingerprint density at radius 2 is 1.92 bits per heavy atom. The maximum Gasteiger partial charge on any atom is 0.0620 e. The van der Waals surface area contributed by atoms with Crippen LogP contribution in [0.4, 0.5) is 5.69 Å². The summed E-state index contributed by atoms with van der Waals surface area (Å²) in [5.41, 5.74) is 6.18. The van der Waals surface area contributed by atoms with Crippen LogP contribution in [0.1, 0.15) is 0 Å². The molecule has 2 aromatic rings. The molecule has 3 nitrogen and oxygen atoms in total. The summed E-state index contributed by atoms with van der Waals surface area (Å²) in [4.78, 5) is 0. The highest BCUT2D eigenvalue weighted by atomic mass is 32.1. The van der Waals surface area contributed by atoms with Crippen molar-refractivity contribution in [2.24, 2.45) is 0 Å². The van der Waals surface area contributed by atoms with Crippen molar-refractivity contribution in [3.8, 4) is 0 Å². The van der Waals surface area contributed by atoms with Gasteiger partial charge < -0.3 is 5.73 Å². The van der Waals surface area contributed by atoms with Gasteiger partial charge in [0.1, 0.15) is 0 Å². The van der Waals surface area contributed by atoms with Crippen LogP contribution >= 0.6 is 11.5 Å². The molecule has 0 radical (unpaired) electrons. The van der Waals surface area contributed by atoms with Crippen LogP contribution in [0, 0.1) is 0 Å². The van der Waals surface area contributed by atoms with Gasteiger partial charge in [0, 0.05) is 11.1 Å². The van der Waals surface area contributed by atoms with Gasteiger partial charge in [-0.2, -0.15) is 0 Å². The van der Waals surface area contributed by atoms with Crippen molar-refractivity contribution in [2.75, 3.05) is 5.73 Å². The van der Waals surface area contributed by atoms with Crippen LogP contribution in [0.5, 0.6) is 0 Å². The first-order valence-electron chi connectivity index (χ1n) is 3.41. The highest BCUT2D eigenvalue weighted by Crippen LogP contribution is 1.95. The molecular weight excluding hydrogens is 170 g/mol. The maximum atomic E-state index is 5.36. The Morgan fingerprint density at radius 3 is 2.17 bits per heavy atom. The average Bonchev–Trinajstić information content (AvgIpc) is 2.62. The van der Waals surface area contributed by atoms with E-state index in [0.29, 0.717) is 0 Å². The highest BCUT2D eigenvalue weighted by Gasteiger charge is 1.72. The van der Waals surface area contributed by atoms with E-state index in [4.69, 9.17) is 5.73 Å². The number of hydrogen-bond acceptors (Lipinski definition) is 4. The quantitative estimate of drug-likeness (QED) is 0.627. The number of hydrogen-bond donors (Lipinski definition) is 1.